The number of nitro groups is 1. The number of rotatable bonds is 4. The van der Waals surface area contributed by atoms with Crippen molar-refractivity contribution in [2.45, 2.75) is 13.5 Å². The number of nitrogens with zero attached hydrogens (tertiary/aromatic N) is 2. The van der Waals surface area contributed by atoms with Crippen molar-refractivity contribution in [1.29, 1.82) is 0 Å². The molecule has 0 unspecified atom stereocenters. The molecule has 1 aromatic carbocycles. The number of anilines is 1. The van der Waals surface area contributed by atoms with Crippen molar-refractivity contribution in [3.63, 3.8) is 0 Å². The maximum absolute atomic E-state index is 11.1. The molecule has 0 bridgehead atoms. The first-order valence-electron chi connectivity index (χ1n) is 6.43. The van der Waals surface area contributed by atoms with Crippen molar-refractivity contribution in [1.82, 2.24) is 4.98 Å². The molecule has 106 valence electrons. The van der Waals surface area contributed by atoms with E-state index in [1.165, 1.54) is 17.2 Å². The minimum atomic E-state index is -0.366. The highest BCUT2D eigenvalue weighted by Crippen LogP contribution is 2.31. The molecule has 0 atom stereocenters. The van der Waals surface area contributed by atoms with Gasteiger partial charge in [0.2, 0.25) is 0 Å². The van der Waals surface area contributed by atoms with Crippen LogP contribution in [0.3, 0.4) is 0 Å². The minimum absolute atomic E-state index is 0.102. The molecule has 3 aromatic rings. The van der Waals surface area contributed by atoms with E-state index in [0.29, 0.717) is 11.9 Å². The van der Waals surface area contributed by atoms with Crippen molar-refractivity contribution in [2.24, 2.45) is 0 Å². The van der Waals surface area contributed by atoms with Crippen LogP contribution < -0.4 is 5.32 Å². The van der Waals surface area contributed by atoms with Gasteiger partial charge in [0.25, 0.3) is 5.69 Å². The summed E-state index contributed by atoms with van der Waals surface area (Å²) in [5, 5.41) is 20.0. The molecule has 0 fully saturated rings. The van der Waals surface area contributed by atoms with E-state index in [4.69, 9.17) is 0 Å². The van der Waals surface area contributed by atoms with Crippen LogP contribution in [0.2, 0.25) is 0 Å². The Morgan fingerprint density at radius 3 is 2.86 bits per heavy atom. The van der Waals surface area contributed by atoms with E-state index in [1.807, 2.05) is 0 Å². The molecule has 0 amide bonds. The molecule has 0 spiro atoms. The SMILES string of the molecule is Cc1cscc1CNc1ccc([N+](=O)[O-])c2ccncc12. The van der Waals surface area contributed by atoms with Crippen LogP contribution in [-0.4, -0.2) is 9.91 Å². The molecule has 2 heterocycles. The van der Waals surface area contributed by atoms with Gasteiger partial charge in [-0.3, -0.25) is 15.1 Å². The third kappa shape index (κ3) is 2.57. The quantitative estimate of drug-likeness (QED) is 0.581. The highest BCUT2D eigenvalue weighted by Gasteiger charge is 2.14. The van der Waals surface area contributed by atoms with E-state index in [-0.39, 0.29) is 10.6 Å². The zero-order chi connectivity index (χ0) is 14.8. The molecular formula is C15H13N3O2S. The van der Waals surface area contributed by atoms with Crippen molar-refractivity contribution in [3.05, 3.63) is 62.6 Å². The number of non-ortho nitro benzene ring substituents is 1. The fourth-order valence-electron chi connectivity index (χ4n) is 2.25. The van der Waals surface area contributed by atoms with Crippen LogP contribution in [0.15, 0.2) is 41.4 Å². The third-order valence-corrected chi connectivity index (χ3v) is 4.33. The molecule has 0 aliphatic carbocycles. The number of aromatic nitrogens is 1. The first-order valence-corrected chi connectivity index (χ1v) is 7.38. The lowest BCUT2D eigenvalue weighted by molar-refractivity contribution is -0.383. The van der Waals surface area contributed by atoms with Crippen LogP contribution in [0.5, 0.6) is 0 Å². The minimum Gasteiger partial charge on any atom is -0.380 e. The Morgan fingerprint density at radius 1 is 1.29 bits per heavy atom. The Hall–Kier alpha value is -2.47. The summed E-state index contributed by atoms with van der Waals surface area (Å²) < 4.78 is 0. The fraction of sp³-hybridized carbons (Fsp3) is 0.133. The Morgan fingerprint density at radius 2 is 2.14 bits per heavy atom. The Labute approximate surface area is 125 Å². The topological polar surface area (TPSA) is 68.1 Å². The summed E-state index contributed by atoms with van der Waals surface area (Å²) in [7, 11) is 0. The summed E-state index contributed by atoms with van der Waals surface area (Å²) in [5.41, 5.74) is 3.44. The summed E-state index contributed by atoms with van der Waals surface area (Å²) in [4.78, 5) is 14.8. The summed E-state index contributed by atoms with van der Waals surface area (Å²) in [6.07, 6.45) is 3.23. The summed E-state index contributed by atoms with van der Waals surface area (Å²) in [6, 6.07) is 4.95. The lowest BCUT2D eigenvalue weighted by atomic mass is 10.1. The van der Waals surface area contributed by atoms with Gasteiger partial charge in [0, 0.05) is 36.1 Å². The molecule has 0 aliphatic heterocycles. The zero-order valence-corrected chi connectivity index (χ0v) is 12.2. The highest BCUT2D eigenvalue weighted by molar-refractivity contribution is 7.08. The number of aryl methyl sites for hydroxylation is 1. The fourth-order valence-corrected chi connectivity index (χ4v) is 3.10. The summed E-state index contributed by atoms with van der Waals surface area (Å²) in [6.45, 7) is 2.76. The van der Waals surface area contributed by atoms with Crippen LogP contribution in [0.1, 0.15) is 11.1 Å². The Kier molecular flexibility index (Phi) is 3.53. The van der Waals surface area contributed by atoms with Gasteiger partial charge in [0.05, 0.1) is 10.3 Å². The van der Waals surface area contributed by atoms with E-state index in [0.717, 1.165) is 11.1 Å². The van der Waals surface area contributed by atoms with Crippen LogP contribution >= 0.6 is 11.3 Å². The average molecular weight is 299 g/mol. The predicted octanol–water partition coefficient (Wildman–Crippen LogP) is 4.13. The van der Waals surface area contributed by atoms with E-state index >= 15 is 0 Å². The van der Waals surface area contributed by atoms with Gasteiger partial charge in [-0.1, -0.05) is 0 Å². The molecule has 6 heteroatoms. The first kappa shape index (κ1) is 13.5. The average Bonchev–Trinajstić information content (AvgIpc) is 2.89. The predicted molar refractivity (Wildman–Crippen MR) is 84.8 cm³/mol. The maximum Gasteiger partial charge on any atom is 0.277 e. The first-order chi connectivity index (χ1) is 10.2. The van der Waals surface area contributed by atoms with E-state index in [9.17, 15) is 10.1 Å². The van der Waals surface area contributed by atoms with Gasteiger partial charge < -0.3 is 5.32 Å². The highest BCUT2D eigenvalue weighted by atomic mass is 32.1. The number of hydrogen-bond acceptors (Lipinski definition) is 5. The van der Waals surface area contributed by atoms with Gasteiger partial charge in [-0.15, -0.1) is 0 Å². The van der Waals surface area contributed by atoms with Gasteiger partial charge in [-0.25, -0.2) is 0 Å². The van der Waals surface area contributed by atoms with Gasteiger partial charge in [0.15, 0.2) is 0 Å². The molecule has 3 rings (SSSR count). The van der Waals surface area contributed by atoms with Crippen LogP contribution in [0.4, 0.5) is 11.4 Å². The van der Waals surface area contributed by atoms with Crippen molar-refractivity contribution < 1.29 is 4.92 Å². The number of benzene rings is 1. The molecule has 0 saturated carbocycles. The Bertz CT molecular complexity index is 814. The normalized spacial score (nSPS) is 10.7. The molecule has 21 heavy (non-hydrogen) atoms. The monoisotopic (exact) mass is 299 g/mol. The summed E-state index contributed by atoms with van der Waals surface area (Å²) >= 11 is 1.67. The second kappa shape index (κ2) is 5.49. The second-order valence-corrected chi connectivity index (χ2v) is 5.49. The number of nitrogens with one attached hydrogen (secondary N) is 1. The molecule has 2 aromatic heterocycles. The van der Waals surface area contributed by atoms with Crippen LogP contribution in [0.25, 0.3) is 10.8 Å². The molecule has 0 saturated heterocycles. The summed E-state index contributed by atoms with van der Waals surface area (Å²) in [5.74, 6) is 0. The van der Waals surface area contributed by atoms with Crippen molar-refractivity contribution in [3.8, 4) is 0 Å². The second-order valence-electron chi connectivity index (χ2n) is 4.74. The maximum atomic E-state index is 11.1. The largest absolute Gasteiger partial charge is 0.380 e. The molecule has 5 nitrogen and oxygen atoms in total. The lowest BCUT2D eigenvalue weighted by Gasteiger charge is -2.09. The number of pyridine rings is 1. The van der Waals surface area contributed by atoms with Gasteiger partial charge in [0.1, 0.15) is 0 Å². The smallest absolute Gasteiger partial charge is 0.277 e. The molecular weight excluding hydrogens is 286 g/mol. The van der Waals surface area contributed by atoms with E-state index in [1.54, 1.807) is 35.9 Å². The molecule has 1 N–H and O–H groups in total. The number of thiophene rings is 1. The van der Waals surface area contributed by atoms with Crippen LogP contribution in [-0.2, 0) is 6.54 Å². The van der Waals surface area contributed by atoms with Gasteiger partial charge >= 0.3 is 0 Å². The van der Waals surface area contributed by atoms with E-state index in [2.05, 4.69) is 28.0 Å². The van der Waals surface area contributed by atoms with Gasteiger partial charge in [-0.2, -0.15) is 11.3 Å². The Balaban J connectivity index is 1.98. The standard InChI is InChI=1S/C15H13N3O2S/c1-10-8-21-9-11(10)6-17-14-2-3-15(18(19)20)12-4-5-16-7-13(12)14/h2-5,7-9,17H,6H2,1H3. The van der Waals surface area contributed by atoms with Gasteiger partial charge in [-0.05, 0) is 40.9 Å². The van der Waals surface area contributed by atoms with Crippen molar-refractivity contribution in [2.75, 3.05) is 5.32 Å². The third-order valence-electron chi connectivity index (χ3n) is 3.42. The van der Waals surface area contributed by atoms with Crippen LogP contribution in [0, 0.1) is 17.0 Å². The molecule has 0 radical (unpaired) electrons. The number of hydrogen-bond donors (Lipinski definition) is 1. The lowest BCUT2D eigenvalue weighted by Crippen LogP contribution is -2.01. The van der Waals surface area contributed by atoms with E-state index < -0.39 is 0 Å². The number of nitro benzene ring substituents is 1. The number of fused-ring (bicyclic) bond motifs is 1. The van der Waals surface area contributed by atoms with Crippen molar-refractivity contribution >= 4 is 33.5 Å². The zero-order valence-electron chi connectivity index (χ0n) is 11.4. The molecule has 0 aliphatic rings.